The lowest BCUT2D eigenvalue weighted by Gasteiger charge is -2.09. The molecule has 9 heteroatoms. The number of nitrogens with one attached hydrogen (secondary N) is 1. The number of hydrogen-bond donors (Lipinski definition) is 1. The summed E-state index contributed by atoms with van der Waals surface area (Å²) in [6.45, 7) is 2.83. The largest absolute Gasteiger partial charge is 0.573 e. The normalized spacial score (nSPS) is 11.2. The number of hydrogen-bond acceptors (Lipinski definition) is 5. The van der Waals surface area contributed by atoms with Gasteiger partial charge in [-0.2, -0.15) is 0 Å². The van der Waals surface area contributed by atoms with Gasteiger partial charge < -0.3 is 14.8 Å². The summed E-state index contributed by atoms with van der Waals surface area (Å²) in [6, 6.07) is 13.2. The van der Waals surface area contributed by atoms with Crippen molar-refractivity contribution in [2.75, 3.05) is 13.2 Å². The summed E-state index contributed by atoms with van der Waals surface area (Å²) in [4.78, 5) is 16.8. The van der Waals surface area contributed by atoms with Crippen LogP contribution in [0.3, 0.4) is 0 Å². The van der Waals surface area contributed by atoms with Crippen LogP contribution in [0.15, 0.2) is 53.9 Å². The molecule has 0 bridgehead atoms. The maximum atomic E-state index is 12.2. The Morgan fingerprint density at radius 2 is 1.87 bits per heavy atom. The quantitative estimate of drug-likeness (QED) is 0.498. The Morgan fingerprint density at radius 1 is 1.13 bits per heavy atom. The molecule has 0 saturated carbocycles. The van der Waals surface area contributed by atoms with Gasteiger partial charge in [0.25, 0.3) is 0 Å². The number of carbonyl (C=O) groups is 1. The average molecular weight is 450 g/mol. The van der Waals surface area contributed by atoms with Gasteiger partial charge in [0.2, 0.25) is 5.91 Å². The summed E-state index contributed by atoms with van der Waals surface area (Å²) >= 11 is 1.45. The van der Waals surface area contributed by atoms with Crippen LogP contribution in [-0.4, -0.2) is 30.4 Å². The fraction of sp³-hybridized carbons (Fsp3) is 0.273. The molecule has 1 heterocycles. The first-order chi connectivity index (χ1) is 14.8. The first-order valence-electron chi connectivity index (χ1n) is 9.62. The molecule has 1 amide bonds. The van der Waals surface area contributed by atoms with Crippen LogP contribution >= 0.6 is 11.3 Å². The van der Waals surface area contributed by atoms with Crippen molar-refractivity contribution < 1.29 is 27.4 Å². The third-order valence-electron chi connectivity index (χ3n) is 4.20. The topological polar surface area (TPSA) is 60.5 Å². The maximum absolute atomic E-state index is 12.2. The second kappa shape index (κ2) is 10.3. The molecular formula is C22H21F3N2O3S. The Bertz CT molecular complexity index is 1000. The molecule has 164 valence electrons. The van der Waals surface area contributed by atoms with Gasteiger partial charge in [0.15, 0.2) is 0 Å². The SMILES string of the molecule is CCOc1ccccc1-c1nc(CC(=O)NCCc2ccc(OC(F)(F)F)cc2)cs1. The zero-order chi connectivity index (χ0) is 22.3. The summed E-state index contributed by atoms with van der Waals surface area (Å²) in [5.74, 6) is 0.305. The van der Waals surface area contributed by atoms with Gasteiger partial charge in [0, 0.05) is 11.9 Å². The van der Waals surface area contributed by atoms with E-state index in [1.807, 2.05) is 36.6 Å². The van der Waals surface area contributed by atoms with Crippen LogP contribution in [0.4, 0.5) is 13.2 Å². The third kappa shape index (κ3) is 6.99. The molecular weight excluding hydrogens is 429 g/mol. The number of thiazole rings is 1. The van der Waals surface area contributed by atoms with Crippen molar-refractivity contribution >= 4 is 17.2 Å². The Balaban J connectivity index is 1.49. The van der Waals surface area contributed by atoms with E-state index >= 15 is 0 Å². The van der Waals surface area contributed by atoms with Gasteiger partial charge in [-0.1, -0.05) is 24.3 Å². The number of nitrogens with zero attached hydrogens (tertiary/aromatic N) is 1. The van der Waals surface area contributed by atoms with Gasteiger partial charge in [-0.15, -0.1) is 24.5 Å². The van der Waals surface area contributed by atoms with Gasteiger partial charge in [0.1, 0.15) is 16.5 Å². The van der Waals surface area contributed by atoms with Crippen LogP contribution in [0.1, 0.15) is 18.2 Å². The standard InChI is InChI=1S/C22H21F3N2O3S/c1-2-29-19-6-4-3-5-18(19)21-27-16(14-31-21)13-20(28)26-12-11-15-7-9-17(10-8-15)30-22(23,24)25/h3-10,14H,2,11-13H2,1H3,(H,26,28). The Hall–Kier alpha value is -3.07. The van der Waals surface area contributed by atoms with E-state index in [4.69, 9.17) is 4.74 Å². The number of ether oxygens (including phenoxy) is 2. The molecule has 3 rings (SSSR count). The Kier molecular flexibility index (Phi) is 7.51. The fourth-order valence-corrected chi connectivity index (χ4v) is 3.72. The molecule has 5 nitrogen and oxygen atoms in total. The third-order valence-corrected chi connectivity index (χ3v) is 5.13. The number of halogens is 3. The molecule has 0 saturated heterocycles. The molecule has 0 aliphatic heterocycles. The molecule has 31 heavy (non-hydrogen) atoms. The van der Waals surface area contributed by atoms with Gasteiger partial charge >= 0.3 is 6.36 Å². The summed E-state index contributed by atoms with van der Waals surface area (Å²) in [6.07, 6.45) is -4.08. The summed E-state index contributed by atoms with van der Waals surface area (Å²) in [5, 5.41) is 5.43. The van der Waals surface area contributed by atoms with E-state index < -0.39 is 6.36 Å². The molecule has 0 radical (unpaired) electrons. The number of benzene rings is 2. The fourth-order valence-electron chi connectivity index (χ4n) is 2.87. The minimum absolute atomic E-state index is 0.145. The summed E-state index contributed by atoms with van der Waals surface area (Å²) in [5.41, 5.74) is 2.34. The van der Waals surface area contributed by atoms with E-state index in [1.54, 1.807) is 0 Å². The van der Waals surface area contributed by atoms with Crippen LogP contribution in [0.25, 0.3) is 10.6 Å². The first kappa shape index (κ1) is 22.6. The number of para-hydroxylation sites is 1. The van der Waals surface area contributed by atoms with Gasteiger partial charge in [-0.05, 0) is 43.2 Å². The molecule has 0 aliphatic rings. The maximum Gasteiger partial charge on any atom is 0.573 e. The molecule has 0 aliphatic carbocycles. The van der Waals surface area contributed by atoms with Crippen LogP contribution in [-0.2, 0) is 17.6 Å². The van der Waals surface area contributed by atoms with Crippen LogP contribution < -0.4 is 14.8 Å². The Morgan fingerprint density at radius 3 is 2.58 bits per heavy atom. The molecule has 1 aromatic heterocycles. The van der Waals surface area contributed by atoms with E-state index in [2.05, 4.69) is 15.0 Å². The molecule has 3 aromatic rings. The predicted molar refractivity (Wildman–Crippen MR) is 112 cm³/mol. The monoisotopic (exact) mass is 450 g/mol. The number of amides is 1. The molecule has 1 N–H and O–H groups in total. The van der Waals surface area contributed by atoms with Crippen LogP contribution in [0.5, 0.6) is 11.5 Å². The van der Waals surface area contributed by atoms with Crippen molar-refractivity contribution in [3.63, 3.8) is 0 Å². The highest BCUT2D eigenvalue weighted by atomic mass is 32.1. The van der Waals surface area contributed by atoms with Crippen molar-refractivity contribution in [2.45, 2.75) is 26.1 Å². The lowest BCUT2D eigenvalue weighted by Crippen LogP contribution is -2.27. The van der Waals surface area contributed by atoms with Crippen molar-refractivity contribution in [3.8, 4) is 22.1 Å². The van der Waals surface area contributed by atoms with E-state index in [-0.39, 0.29) is 18.1 Å². The predicted octanol–water partition coefficient (Wildman–Crippen LogP) is 5.01. The highest BCUT2D eigenvalue weighted by Gasteiger charge is 2.30. The highest BCUT2D eigenvalue weighted by molar-refractivity contribution is 7.13. The smallest absolute Gasteiger partial charge is 0.493 e. The first-order valence-corrected chi connectivity index (χ1v) is 10.5. The zero-order valence-electron chi connectivity index (χ0n) is 16.7. The number of aromatic nitrogens is 1. The second-order valence-corrected chi connectivity index (χ2v) is 7.40. The van der Waals surface area contributed by atoms with E-state index in [1.165, 1.54) is 35.6 Å². The molecule has 0 spiro atoms. The van der Waals surface area contributed by atoms with Gasteiger partial charge in [0.05, 0.1) is 24.3 Å². The summed E-state index contributed by atoms with van der Waals surface area (Å²) < 4.78 is 46.0. The Labute approximate surface area is 181 Å². The number of rotatable bonds is 9. The van der Waals surface area contributed by atoms with E-state index in [0.29, 0.717) is 25.3 Å². The van der Waals surface area contributed by atoms with Crippen LogP contribution in [0.2, 0.25) is 0 Å². The minimum Gasteiger partial charge on any atom is -0.493 e. The lowest BCUT2D eigenvalue weighted by molar-refractivity contribution is -0.274. The van der Waals surface area contributed by atoms with E-state index in [0.717, 1.165) is 21.9 Å². The molecule has 0 fully saturated rings. The molecule has 2 aromatic carbocycles. The van der Waals surface area contributed by atoms with Crippen LogP contribution in [0, 0.1) is 0 Å². The van der Waals surface area contributed by atoms with Crippen molar-refractivity contribution in [2.24, 2.45) is 0 Å². The molecule has 0 unspecified atom stereocenters. The van der Waals surface area contributed by atoms with Crippen molar-refractivity contribution in [1.29, 1.82) is 0 Å². The van der Waals surface area contributed by atoms with E-state index in [9.17, 15) is 18.0 Å². The molecule has 0 atom stereocenters. The van der Waals surface area contributed by atoms with Gasteiger partial charge in [-0.3, -0.25) is 4.79 Å². The number of carbonyl (C=O) groups excluding carboxylic acids is 1. The lowest BCUT2D eigenvalue weighted by atomic mass is 10.1. The zero-order valence-corrected chi connectivity index (χ0v) is 17.6. The highest BCUT2D eigenvalue weighted by Crippen LogP contribution is 2.32. The second-order valence-electron chi connectivity index (χ2n) is 6.54. The summed E-state index contributed by atoms with van der Waals surface area (Å²) in [7, 11) is 0. The van der Waals surface area contributed by atoms with Crippen molar-refractivity contribution in [1.82, 2.24) is 10.3 Å². The minimum atomic E-state index is -4.71. The van der Waals surface area contributed by atoms with Crippen molar-refractivity contribution in [3.05, 3.63) is 65.2 Å². The average Bonchev–Trinajstić information content (AvgIpc) is 3.17. The van der Waals surface area contributed by atoms with Gasteiger partial charge in [-0.25, -0.2) is 4.98 Å². The number of alkyl halides is 3.